The molecule has 0 atom stereocenters. The normalized spacial score (nSPS) is 11.5. The highest BCUT2D eigenvalue weighted by Crippen LogP contribution is 2.47. The first-order valence-electron chi connectivity index (χ1n) is 34.8. The predicted octanol–water partition coefficient (Wildman–Crippen LogP) is 28.1. The highest BCUT2D eigenvalue weighted by atomic mass is 16.3. The molecule has 0 spiro atoms. The Balaban J connectivity index is 0.693. The minimum absolute atomic E-state index is 0.887. The summed E-state index contributed by atoms with van der Waals surface area (Å²) in [6.07, 6.45) is 0. The van der Waals surface area contributed by atoms with Gasteiger partial charge in [0.05, 0.1) is 0 Å². The first-order valence-corrected chi connectivity index (χ1v) is 34.8. The van der Waals surface area contributed by atoms with Crippen LogP contribution in [0.25, 0.3) is 154 Å². The summed E-state index contributed by atoms with van der Waals surface area (Å²) in [5.74, 6) is 0. The maximum absolute atomic E-state index is 6.58. The molecule has 0 unspecified atom stereocenters. The Bertz CT molecular complexity index is 6320. The van der Waals surface area contributed by atoms with Crippen LogP contribution in [0, 0.1) is 0 Å². The van der Waals surface area contributed by atoms with Crippen molar-refractivity contribution in [3.8, 4) is 89.0 Å². The fourth-order valence-corrected chi connectivity index (χ4v) is 15.4. The highest BCUT2D eigenvalue weighted by Gasteiger charge is 2.22. The van der Waals surface area contributed by atoms with Crippen molar-refractivity contribution in [2.75, 3.05) is 9.80 Å². The molecule has 19 aromatic rings. The number of benzene rings is 17. The van der Waals surface area contributed by atoms with Crippen LogP contribution in [0.15, 0.2) is 397 Å². The van der Waals surface area contributed by atoms with Crippen molar-refractivity contribution in [2.45, 2.75) is 0 Å². The van der Waals surface area contributed by atoms with Crippen LogP contribution in [0.3, 0.4) is 0 Å². The van der Waals surface area contributed by atoms with E-state index in [-0.39, 0.29) is 0 Å². The van der Waals surface area contributed by atoms with Gasteiger partial charge in [-0.1, -0.05) is 291 Å². The summed E-state index contributed by atoms with van der Waals surface area (Å²) in [5, 5.41) is 9.26. The van der Waals surface area contributed by atoms with Gasteiger partial charge in [-0.05, 0) is 196 Å². The van der Waals surface area contributed by atoms with Crippen LogP contribution in [0.1, 0.15) is 0 Å². The molecule has 2 heterocycles. The van der Waals surface area contributed by atoms with Crippen LogP contribution in [0.2, 0.25) is 0 Å². The Morgan fingerprint density at radius 3 is 1.00 bits per heavy atom. The standard InChI is InChI=1S/C98H64N2O2/c1-3-22-65(23-4-1)75-59-76(66-24-5-2-6-25-66)64-82(63-75)100(78-54-50-69(51-55-78)88-43-21-45-94-92-40-12-14-47-96(92)102-98(88)94)81-35-18-32-74(62-81)86-57-56-85(89-37-9-10-38-90(86)89)72-30-15-28-70(58-72)71-29-16-33-79(60-71)99(80-34-17-31-73(61-80)84-41-19-27-67-26-7-8-36-83(67)84)77-52-48-68(49-53-77)87-42-20-44-93-91-39-11-13-46-95(91)101-97(87)93/h1-64H. The molecular weight excluding hydrogens is 1240 g/mol. The molecule has 19 rings (SSSR count). The Hall–Kier alpha value is -13.5. The number of nitrogens with zero attached hydrogens (tertiary/aromatic N) is 2. The van der Waals surface area contributed by atoms with Crippen molar-refractivity contribution >= 4 is 99.5 Å². The van der Waals surface area contributed by atoms with E-state index in [0.29, 0.717) is 0 Å². The van der Waals surface area contributed by atoms with Gasteiger partial charge in [-0.15, -0.1) is 0 Å². The monoisotopic (exact) mass is 1300 g/mol. The van der Waals surface area contributed by atoms with Gasteiger partial charge in [-0.3, -0.25) is 0 Å². The zero-order chi connectivity index (χ0) is 67.5. The van der Waals surface area contributed by atoms with Crippen molar-refractivity contribution in [2.24, 2.45) is 0 Å². The molecule has 0 saturated heterocycles. The van der Waals surface area contributed by atoms with E-state index in [1.165, 1.54) is 32.7 Å². The lowest BCUT2D eigenvalue weighted by Gasteiger charge is -2.28. The molecule has 2 aromatic heterocycles. The van der Waals surface area contributed by atoms with Crippen molar-refractivity contribution in [1.82, 2.24) is 0 Å². The number of hydrogen-bond acceptors (Lipinski definition) is 4. The van der Waals surface area contributed by atoms with Gasteiger partial charge in [0.15, 0.2) is 0 Å². The van der Waals surface area contributed by atoms with E-state index in [0.717, 1.165) is 156 Å². The third-order valence-corrected chi connectivity index (χ3v) is 20.2. The van der Waals surface area contributed by atoms with E-state index in [9.17, 15) is 0 Å². The van der Waals surface area contributed by atoms with E-state index >= 15 is 0 Å². The SMILES string of the molecule is c1ccc(-c2cc(-c3ccccc3)cc(N(c3ccc(-c4cccc5c4oc4ccccc45)cc3)c3cccc(-c4ccc(-c5cccc(-c6cccc(N(c7ccc(-c8cccc9c8oc8ccccc89)cc7)c7cccc(-c8cccc9ccccc89)c7)c6)c5)c5ccccc45)c3)c2)cc1. The van der Waals surface area contributed by atoms with Gasteiger partial charge in [0.2, 0.25) is 0 Å². The molecule has 4 nitrogen and oxygen atoms in total. The topological polar surface area (TPSA) is 32.8 Å². The van der Waals surface area contributed by atoms with E-state index in [1.807, 2.05) is 24.3 Å². The Kier molecular flexibility index (Phi) is 14.9. The molecule has 0 bridgehead atoms. The van der Waals surface area contributed by atoms with Crippen molar-refractivity contribution < 1.29 is 8.83 Å². The highest BCUT2D eigenvalue weighted by molar-refractivity contribution is 6.12. The van der Waals surface area contributed by atoms with Gasteiger partial charge < -0.3 is 18.6 Å². The predicted molar refractivity (Wildman–Crippen MR) is 429 cm³/mol. The Labute approximate surface area is 591 Å². The Morgan fingerprint density at radius 2 is 0.480 bits per heavy atom. The minimum atomic E-state index is 0.887. The maximum atomic E-state index is 6.58. The molecule has 0 saturated carbocycles. The fraction of sp³-hybridized carbons (Fsp3) is 0. The van der Waals surface area contributed by atoms with Crippen molar-refractivity contribution in [1.29, 1.82) is 0 Å². The lowest BCUT2D eigenvalue weighted by molar-refractivity contribution is 0.669. The summed E-state index contributed by atoms with van der Waals surface area (Å²) < 4.78 is 13.1. The van der Waals surface area contributed by atoms with Gasteiger partial charge in [0, 0.05) is 66.8 Å². The lowest BCUT2D eigenvalue weighted by Crippen LogP contribution is -2.10. The quantitative estimate of drug-likeness (QED) is 0.109. The summed E-state index contributed by atoms with van der Waals surface area (Å²) >= 11 is 0. The summed E-state index contributed by atoms with van der Waals surface area (Å²) in [6, 6.07) is 141. The Morgan fingerprint density at radius 1 is 0.157 bits per heavy atom. The first-order chi connectivity index (χ1) is 50.5. The number of para-hydroxylation sites is 4. The van der Waals surface area contributed by atoms with E-state index in [4.69, 9.17) is 8.83 Å². The molecular formula is C98H64N2O2. The molecule has 0 radical (unpaired) electrons. The average molecular weight is 1300 g/mol. The zero-order valence-electron chi connectivity index (χ0n) is 55.7. The molecule has 0 aliphatic carbocycles. The van der Waals surface area contributed by atoms with Gasteiger partial charge in [0.1, 0.15) is 22.3 Å². The molecule has 17 aromatic carbocycles. The average Bonchev–Trinajstić information content (AvgIpc) is 1.54. The molecule has 478 valence electrons. The summed E-state index contributed by atoms with van der Waals surface area (Å²) in [5.41, 5.74) is 27.9. The van der Waals surface area contributed by atoms with Crippen LogP contribution in [0.4, 0.5) is 34.1 Å². The van der Waals surface area contributed by atoms with Crippen LogP contribution in [-0.4, -0.2) is 0 Å². The van der Waals surface area contributed by atoms with Crippen LogP contribution < -0.4 is 9.80 Å². The molecule has 4 heteroatoms. The third-order valence-electron chi connectivity index (χ3n) is 20.2. The summed E-state index contributed by atoms with van der Waals surface area (Å²) in [6.45, 7) is 0. The number of fused-ring (bicyclic) bond motifs is 8. The summed E-state index contributed by atoms with van der Waals surface area (Å²) in [4.78, 5) is 4.80. The van der Waals surface area contributed by atoms with Crippen molar-refractivity contribution in [3.63, 3.8) is 0 Å². The molecule has 0 aliphatic heterocycles. The van der Waals surface area contributed by atoms with Crippen LogP contribution >= 0.6 is 0 Å². The summed E-state index contributed by atoms with van der Waals surface area (Å²) in [7, 11) is 0. The number of hydrogen-bond donors (Lipinski definition) is 0. The molecule has 0 aliphatic rings. The first kappa shape index (κ1) is 59.7. The van der Waals surface area contributed by atoms with E-state index in [1.54, 1.807) is 0 Å². The largest absolute Gasteiger partial charge is 0.455 e. The smallest absolute Gasteiger partial charge is 0.143 e. The number of rotatable bonds is 14. The lowest BCUT2D eigenvalue weighted by atomic mass is 9.90. The maximum Gasteiger partial charge on any atom is 0.143 e. The molecule has 0 N–H and O–H groups in total. The van der Waals surface area contributed by atoms with Crippen LogP contribution in [0.5, 0.6) is 0 Å². The third kappa shape index (κ3) is 10.8. The van der Waals surface area contributed by atoms with E-state index in [2.05, 4.69) is 374 Å². The van der Waals surface area contributed by atoms with Crippen LogP contribution in [-0.2, 0) is 0 Å². The van der Waals surface area contributed by atoms with Gasteiger partial charge in [0.25, 0.3) is 0 Å². The van der Waals surface area contributed by atoms with Gasteiger partial charge >= 0.3 is 0 Å². The minimum Gasteiger partial charge on any atom is -0.455 e. The number of furan rings is 2. The molecule has 102 heavy (non-hydrogen) atoms. The number of anilines is 6. The molecule has 0 amide bonds. The zero-order valence-corrected chi connectivity index (χ0v) is 55.7. The fourth-order valence-electron chi connectivity index (χ4n) is 15.4. The second-order valence-corrected chi connectivity index (χ2v) is 26.3. The van der Waals surface area contributed by atoms with Gasteiger partial charge in [-0.25, -0.2) is 0 Å². The van der Waals surface area contributed by atoms with Gasteiger partial charge in [-0.2, -0.15) is 0 Å². The second-order valence-electron chi connectivity index (χ2n) is 26.3. The van der Waals surface area contributed by atoms with Crippen molar-refractivity contribution in [3.05, 3.63) is 388 Å². The molecule has 0 fully saturated rings. The van der Waals surface area contributed by atoms with E-state index < -0.39 is 0 Å². The second kappa shape index (κ2) is 25.4.